The number of aromatic nitrogens is 2. The number of hydrogen-bond acceptors (Lipinski definition) is 4. The van der Waals surface area contributed by atoms with Crippen LogP contribution in [0.4, 0.5) is 4.39 Å². The van der Waals surface area contributed by atoms with Gasteiger partial charge in [0.05, 0.1) is 19.6 Å². The van der Waals surface area contributed by atoms with E-state index in [1.54, 1.807) is 18.2 Å². The molecule has 1 aliphatic carbocycles. The van der Waals surface area contributed by atoms with Crippen molar-refractivity contribution in [3.63, 3.8) is 0 Å². The van der Waals surface area contributed by atoms with Gasteiger partial charge in [-0.05, 0) is 48.9 Å². The Morgan fingerprint density at radius 2 is 1.91 bits per heavy atom. The zero-order valence-electron chi connectivity index (χ0n) is 18.7. The fourth-order valence-corrected chi connectivity index (χ4v) is 3.70. The summed E-state index contributed by atoms with van der Waals surface area (Å²) in [6.45, 7) is 2.60. The maximum absolute atomic E-state index is 14.3. The van der Waals surface area contributed by atoms with Crippen LogP contribution in [0, 0.1) is 18.7 Å². The summed E-state index contributed by atoms with van der Waals surface area (Å²) in [5.41, 5.74) is 2.05. The highest BCUT2D eigenvalue weighted by atomic mass is 19.1. The molecule has 8 heteroatoms. The van der Waals surface area contributed by atoms with Crippen molar-refractivity contribution in [3.05, 3.63) is 77.2 Å². The van der Waals surface area contributed by atoms with Gasteiger partial charge in [-0.2, -0.15) is 9.78 Å². The monoisotopic (exact) mass is 450 g/mol. The first-order valence-corrected chi connectivity index (χ1v) is 11.0. The van der Waals surface area contributed by atoms with Crippen molar-refractivity contribution in [1.29, 1.82) is 0 Å². The molecule has 0 unspecified atom stereocenters. The van der Waals surface area contributed by atoms with Gasteiger partial charge in [0.1, 0.15) is 11.5 Å². The lowest BCUT2D eigenvalue weighted by Gasteiger charge is -2.20. The van der Waals surface area contributed by atoms with Crippen LogP contribution in [0.3, 0.4) is 0 Å². The molecular weight excluding hydrogens is 423 g/mol. The Morgan fingerprint density at radius 1 is 1.18 bits per heavy atom. The van der Waals surface area contributed by atoms with Crippen molar-refractivity contribution in [2.24, 2.45) is 5.92 Å². The highest BCUT2D eigenvalue weighted by molar-refractivity contribution is 5.93. The van der Waals surface area contributed by atoms with Crippen LogP contribution in [0.2, 0.25) is 0 Å². The minimum atomic E-state index is -0.539. The molecule has 2 amide bonds. The molecule has 0 aliphatic heterocycles. The molecule has 7 nitrogen and oxygen atoms in total. The molecule has 1 aliphatic rings. The highest BCUT2D eigenvalue weighted by Gasteiger charge is 2.26. The minimum Gasteiger partial charge on any atom is -0.481 e. The van der Waals surface area contributed by atoms with E-state index in [-0.39, 0.29) is 29.6 Å². The molecule has 1 fully saturated rings. The van der Waals surface area contributed by atoms with Gasteiger partial charge in [0.2, 0.25) is 11.8 Å². The van der Waals surface area contributed by atoms with Gasteiger partial charge in [-0.15, -0.1) is 0 Å². The number of rotatable bonds is 9. The predicted octanol–water partition coefficient (Wildman–Crippen LogP) is 3.72. The summed E-state index contributed by atoms with van der Waals surface area (Å²) >= 11 is 0. The van der Waals surface area contributed by atoms with Crippen LogP contribution in [0.25, 0.3) is 5.69 Å². The van der Waals surface area contributed by atoms with Crippen LogP contribution >= 0.6 is 0 Å². The first-order chi connectivity index (χ1) is 16.0. The van der Waals surface area contributed by atoms with Gasteiger partial charge in [0.25, 0.3) is 5.91 Å². The number of ether oxygens (including phenoxy) is 1. The summed E-state index contributed by atoms with van der Waals surface area (Å²) in [4.78, 5) is 25.7. The minimum absolute atomic E-state index is 0.0621. The van der Waals surface area contributed by atoms with Gasteiger partial charge in [-0.3, -0.25) is 9.59 Å². The molecule has 172 valence electrons. The Morgan fingerprint density at radius 3 is 2.61 bits per heavy atom. The number of benzene rings is 2. The van der Waals surface area contributed by atoms with Gasteiger partial charge < -0.3 is 15.4 Å². The third kappa shape index (κ3) is 5.39. The summed E-state index contributed by atoms with van der Waals surface area (Å²) in [5.74, 6) is -0.303. The summed E-state index contributed by atoms with van der Waals surface area (Å²) in [7, 11) is 1.43. The largest absolute Gasteiger partial charge is 0.481 e. The zero-order chi connectivity index (χ0) is 23.4. The van der Waals surface area contributed by atoms with Crippen LogP contribution in [-0.2, 0) is 4.79 Å². The Balaban J connectivity index is 1.57. The van der Waals surface area contributed by atoms with Gasteiger partial charge in [-0.1, -0.05) is 36.4 Å². The van der Waals surface area contributed by atoms with Gasteiger partial charge >= 0.3 is 0 Å². The molecule has 4 rings (SSSR count). The lowest BCUT2D eigenvalue weighted by Crippen LogP contribution is -2.35. The molecule has 3 aromatic rings. The van der Waals surface area contributed by atoms with Crippen LogP contribution in [-0.4, -0.2) is 35.2 Å². The Hall–Kier alpha value is -3.68. The first-order valence-electron chi connectivity index (χ1n) is 11.0. The molecule has 1 saturated carbocycles. The summed E-state index contributed by atoms with van der Waals surface area (Å²) < 4.78 is 20.8. The van der Waals surface area contributed by atoms with Crippen LogP contribution in [0.15, 0.2) is 54.6 Å². The summed E-state index contributed by atoms with van der Waals surface area (Å²) in [5, 5.41) is 10.2. The molecule has 0 spiro atoms. The third-order valence-electron chi connectivity index (χ3n) is 5.74. The van der Waals surface area contributed by atoms with Crippen LogP contribution in [0.5, 0.6) is 5.88 Å². The van der Waals surface area contributed by atoms with Crippen molar-refractivity contribution in [2.75, 3.05) is 13.7 Å². The number of hydrogen-bond donors (Lipinski definition) is 2. The zero-order valence-corrected chi connectivity index (χ0v) is 18.7. The molecule has 2 N–H and O–H groups in total. The number of halogens is 1. The van der Waals surface area contributed by atoms with E-state index in [0.717, 1.165) is 24.0 Å². The quantitative estimate of drug-likeness (QED) is 0.520. The van der Waals surface area contributed by atoms with E-state index in [9.17, 15) is 14.0 Å². The van der Waals surface area contributed by atoms with E-state index in [2.05, 4.69) is 15.7 Å². The van der Waals surface area contributed by atoms with E-state index in [0.29, 0.717) is 12.5 Å². The number of para-hydroxylation sites is 1. The lowest BCUT2D eigenvalue weighted by molar-refractivity contribution is -0.121. The molecule has 1 atom stereocenters. The average molecular weight is 451 g/mol. The van der Waals surface area contributed by atoms with E-state index in [4.69, 9.17) is 4.74 Å². The number of carbonyl (C=O) groups is 2. The number of nitrogens with one attached hydrogen (secondary N) is 2. The SMILES string of the molecule is COc1cc(C(=O)N[C@@H](CC(=O)NCC2CC2)c2ccccc2C)nn1-c1ccccc1F. The molecule has 1 heterocycles. The molecule has 0 bridgehead atoms. The fraction of sp³-hybridized carbons (Fsp3) is 0.320. The Kier molecular flexibility index (Phi) is 6.72. The van der Waals surface area contributed by atoms with Crippen LogP contribution < -0.4 is 15.4 Å². The second kappa shape index (κ2) is 9.85. The first kappa shape index (κ1) is 22.5. The maximum atomic E-state index is 14.3. The number of methoxy groups -OCH3 is 1. The molecule has 1 aromatic heterocycles. The number of nitrogens with zero attached hydrogens (tertiary/aromatic N) is 2. The van der Waals surface area contributed by atoms with Gasteiger partial charge in [0, 0.05) is 12.6 Å². The molecular formula is C25H27FN4O3. The lowest BCUT2D eigenvalue weighted by atomic mass is 9.98. The van der Waals surface area contributed by atoms with E-state index in [1.807, 2.05) is 31.2 Å². The fourth-order valence-electron chi connectivity index (χ4n) is 3.70. The van der Waals surface area contributed by atoms with E-state index >= 15 is 0 Å². The van der Waals surface area contributed by atoms with Gasteiger partial charge in [0.15, 0.2) is 5.69 Å². The standard InChI is InChI=1S/C25H27FN4O3/c1-16-7-3-4-8-18(16)20(13-23(31)27-15-17-11-12-17)28-25(32)21-14-24(33-2)30(29-21)22-10-6-5-9-19(22)26/h3-10,14,17,20H,11-13,15H2,1-2H3,(H,27,31)(H,28,32)/t20-/m0/s1. The number of aryl methyl sites for hydroxylation is 1. The van der Waals surface area contributed by atoms with Crippen molar-refractivity contribution >= 4 is 11.8 Å². The highest BCUT2D eigenvalue weighted by Crippen LogP contribution is 2.28. The predicted molar refractivity (Wildman–Crippen MR) is 122 cm³/mol. The second-order valence-corrected chi connectivity index (χ2v) is 8.27. The van der Waals surface area contributed by atoms with Crippen molar-refractivity contribution in [2.45, 2.75) is 32.2 Å². The third-order valence-corrected chi connectivity index (χ3v) is 5.74. The second-order valence-electron chi connectivity index (χ2n) is 8.27. The van der Waals surface area contributed by atoms with Crippen molar-refractivity contribution < 1.29 is 18.7 Å². The molecule has 0 radical (unpaired) electrons. The topological polar surface area (TPSA) is 85.2 Å². The Bertz CT molecular complexity index is 1160. The number of carbonyl (C=O) groups excluding carboxylic acids is 2. The van der Waals surface area contributed by atoms with Gasteiger partial charge in [-0.25, -0.2) is 4.39 Å². The van der Waals surface area contributed by atoms with E-state index < -0.39 is 17.8 Å². The normalized spacial score (nSPS) is 13.9. The molecule has 33 heavy (non-hydrogen) atoms. The molecule has 0 saturated heterocycles. The summed E-state index contributed by atoms with van der Waals surface area (Å²) in [6, 6.07) is 14.6. The van der Waals surface area contributed by atoms with Crippen molar-refractivity contribution in [3.8, 4) is 11.6 Å². The number of amides is 2. The van der Waals surface area contributed by atoms with E-state index in [1.165, 1.54) is 23.9 Å². The summed E-state index contributed by atoms with van der Waals surface area (Å²) in [6.07, 6.45) is 2.39. The molecule has 2 aromatic carbocycles. The smallest absolute Gasteiger partial charge is 0.272 e. The maximum Gasteiger partial charge on any atom is 0.272 e. The van der Waals surface area contributed by atoms with Crippen LogP contribution in [0.1, 0.15) is 46.9 Å². The average Bonchev–Trinajstić information content (AvgIpc) is 3.54. The van der Waals surface area contributed by atoms with Crippen molar-refractivity contribution in [1.82, 2.24) is 20.4 Å². The Labute approximate surface area is 191 Å².